The van der Waals surface area contributed by atoms with Crippen molar-refractivity contribution in [2.45, 2.75) is 45.1 Å². The number of amides is 1. The molecule has 13 heteroatoms. The van der Waals surface area contributed by atoms with E-state index in [1.165, 1.54) is 14.0 Å². The molecule has 36 heavy (non-hydrogen) atoms. The fourth-order valence-corrected chi connectivity index (χ4v) is 2.09. The van der Waals surface area contributed by atoms with Gasteiger partial charge in [0.15, 0.2) is 0 Å². The van der Waals surface area contributed by atoms with Gasteiger partial charge >= 0.3 is 5.97 Å². The number of rotatable bonds is 23. The number of carbonyl (C=O) groups is 5. The van der Waals surface area contributed by atoms with E-state index < -0.39 is 17.9 Å². The molecule has 0 saturated heterocycles. The van der Waals surface area contributed by atoms with E-state index >= 15 is 0 Å². The Morgan fingerprint density at radius 2 is 1.33 bits per heavy atom. The minimum absolute atomic E-state index is 0.0206. The van der Waals surface area contributed by atoms with E-state index in [0.717, 1.165) is 12.8 Å². The predicted octanol–water partition coefficient (Wildman–Crippen LogP) is -0.660. The van der Waals surface area contributed by atoms with Crippen molar-refractivity contribution in [3.63, 3.8) is 0 Å². The fourth-order valence-electron chi connectivity index (χ4n) is 2.09. The van der Waals surface area contributed by atoms with Crippen LogP contribution in [0.25, 0.3) is 0 Å². The zero-order valence-corrected chi connectivity index (χ0v) is 21.8. The first-order chi connectivity index (χ1) is 17.4. The zero-order chi connectivity index (χ0) is 27.9. The van der Waals surface area contributed by atoms with Gasteiger partial charge in [-0.15, -0.1) is 0 Å². The Labute approximate surface area is 213 Å². The van der Waals surface area contributed by atoms with Crippen LogP contribution in [0.5, 0.6) is 0 Å². The summed E-state index contributed by atoms with van der Waals surface area (Å²) < 4.78 is 21.0. The number of nitrogens with one attached hydrogen (secondary N) is 2. The van der Waals surface area contributed by atoms with Gasteiger partial charge in [0, 0.05) is 32.2 Å². The van der Waals surface area contributed by atoms with Crippen molar-refractivity contribution in [2.24, 2.45) is 5.73 Å². The minimum Gasteiger partial charge on any atom is -0.481 e. The molecule has 1 unspecified atom stereocenters. The molecule has 0 spiro atoms. The molecule has 0 fully saturated rings. The lowest BCUT2D eigenvalue weighted by Gasteiger charge is -2.10. The highest BCUT2D eigenvalue weighted by molar-refractivity contribution is 5.85. The van der Waals surface area contributed by atoms with Gasteiger partial charge in [-0.25, -0.2) is 0 Å². The molecule has 0 aliphatic heterocycles. The molecule has 0 aliphatic rings. The number of Topliss-reactive ketones (excluding diaryl/α,β-unsaturated/α-hetero) is 1. The first-order valence-electron chi connectivity index (χ1n) is 11.8. The van der Waals surface area contributed by atoms with Crippen molar-refractivity contribution >= 4 is 30.2 Å². The van der Waals surface area contributed by atoms with E-state index in [0.29, 0.717) is 65.6 Å². The number of likely N-dealkylation sites (N-methyl/N-ethyl adjacent to an activating group) is 1. The van der Waals surface area contributed by atoms with Gasteiger partial charge in [0.1, 0.15) is 18.4 Å². The summed E-state index contributed by atoms with van der Waals surface area (Å²) in [5, 5.41) is 13.7. The summed E-state index contributed by atoms with van der Waals surface area (Å²) in [7, 11) is 3.39. The number of hydrogen-bond acceptors (Lipinski definition) is 11. The smallest absolute Gasteiger partial charge is 0.303 e. The Morgan fingerprint density at radius 3 is 1.75 bits per heavy atom. The number of aliphatic carboxylic acids is 1. The van der Waals surface area contributed by atoms with Gasteiger partial charge in [-0.2, -0.15) is 0 Å². The summed E-state index contributed by atoms with van der Waals surface area (Å²) in [4.78, 5) is 52.5. The van der Waals surface area contributed by atoms with Gasteiger partial charge in [-0.1, -0.05) is 0 Å². The zero-order valence-electron chi connectivity index (χ0n) is 21.8. The van der Waals surface area contributed by atoms with E-state index in [-0.39, 0.29) is 31.5 Å². The van der Waals surface area contributed by atoms with Gasteiger partial charge in [0.05, 0.1) is 58.9 Å². The Balaban J connectivity index is -0.000000569. The van der Waals surface area contributed by atoms with Crippen molar-refractivity contribution in [3.05, 3.63) is 0 Å². The summed E-state index contributed by atoms with van der Waals surface area (Å²) in [5.74, 6) is -1.55. The van der Waals surface area contributed by atoms with Crippen molar-refractivity contribution < 1.29 is 48.0 Å². The third kappa shape index (κ3) is 36.3. The van der Waals surface area contributed by atoms with Gasteiger partial charge in [-0.05, 0) is 27.4 Å². The van der Waals surface area contributed by atoms with Crippen LogP contribution in [0, 0.1) is 0 Å². The summed E-state index contributed by atoms with van der Waals surface area (Å²) >= 11 is 0. The molecule has 212 valence electrons. The van der Waals surface area contributed by atoms with E-state index in [9.17, 15) is 24.0 Å². The Morgan fingerprint density at radius 1 is 0.833 bits per heavy atom. The predicted molar refractivity (Wildman–Crippen MR) is 133 cm³/mol. The maximum absolute atomic E-state index is 11.2. The summed E-state index contributed by atoms with van der Waals surface area (Å²) in [5.41, 5.74) is 4.50. The molecule has 0 bridgehead atoms. The number of carboxylic acids is 1. The van der Waals surface area contributed by atoms with Crippen molar-refractivity contribution in [3.8, 4) is 0 Å². The number of carbonyl (C=O) groups excluding carboxylic acids is 4. The Bertz CT molecular complexity index is 550. The molecule has 1 amide bonds. The van der Waals surface area contributed by atoms with Crippen molar-refractivity contribution in [1.82, 2.24) is 10.6 Å². The van der Waals surface area contributed by atoms with E-state index in [2.05, 4.69) is 16.4 Å². The number of ether oxygens (including phenoxy) is 4. The van der Waals surface area contributed by atoms with Crippen LogP contribution in [0.15, 0.2) is 0 Å². The lowest BCUT2D eigenvalue weighted by atomic mass is 10.1. The molecule has 0 aromatic rings. The number of hydrogen-bond donors (Lipinski definition) is 4. The van der Waals surface area contributed by atoms with Crippen molar-refractivity contribution in [1.29, 1.82) is 0 Å². The maximum atomic E-state index is 11.2. The molecular formula is C23H45N3O10. The van der Waals surface area contributed by atoms with Crippen molar-refractivity contribution in [2.75, 3.05) is 73.5 Å². The highest BCUT2D eigenvalue weighted by Crippen LogP contribution is 1.97. The molecule has 0 saturated carbocycles. The molecular weight excluding hydrogens is 478 g/mol. The molecule has 5 N–H and O–H groups in total. The summed E-state index contributed by atoms with van der Waals surface area (Å²) in [6, 6.07) is -0.796. The molecule has 0 aliphatic carbocycles. The monoisotopic (exact) mass is 523 g/mol. The number of aldehydes is 2. The maximum Gasteiger partial charge on any atom is 0.303 e. The second-order valence-corrected chi connectivity index (χ2v) is 6.95. The SMILES string of the molecule is CC(=O)CCC(=O)NC(C=O)CCC(=O)O.CN.CNCCOCCOCCOCCOCCC=O. The molecule has 0 radical (unpaired) electrons. The Hall–Kier alpha value is -2.29. The number of ketones is 1. The van der Waals surface area contributed by atoms with Crippen LogP contribution in [-0.2, 0) is 42.9 Å². The minimum atomic E-state index is -1.02. The van der Waals surface area contributed by atoms with E-state index in [1.807, 2.05) is 7.05 Å². The van der Waals surface area contributed by atoms with Gasteiger partial charge in [-0.3, -0.25) is 9.59 Å². The van der Waals surface area contributed by atoms with Crippen LogP contribution >= 0.6 is 0 Å². The van der Waals surface area contributed by atoms with E-state index in [1.54, 1.807) is 0 Å². The number of carboxylic acid groups (broad SMARTS) is 1. The van der Waals surface area contributed by atoms with Gasteiger partial charge in [0.25, 0.3) is 0 Å². The summed E-state index contributed by atoms with van der Waals surface area (Å²) in [6.07, 6.45) is 1.79. The molecule has 1 atom stereocenters. The first-order valence-corrected chi connectivity index (χ1v) is 11.8. The Kier molecular flexibility index (Phi) is 34.7. The third-order valence-electron chi connectivity index (χ3n) is 3.88. The average Bonchev–Trinajstić information content (AvgIpc) is 2.87. The van der Waals surface area contributed by atoms with Crippen LogP contribution in [0.1, 0.15) is 39.0 Å². The third-order valence-corrected chi connectivity index (χ3v) is 3.88. The second kappa shape index (κ2) is 32.7. The lowest BCUT2D eigenvalue weighted by molar-refractivity contribution is -0.137. The molecule has 13 nitrogen and oxygen atoms in total. The fraction of sp³-hybridized carbons (Fsp3) is 0.783. The van der Waals surface area contributed by atoms with Crippen LogP contribution in [0.2, 0.25) is 0 Å². The highest BCUT2D eigenvalue weighted by Gasteiger charge is 2.13. The molecule has 0 heterocycles. The number of nitrogens with two attached hydrogens (primary N) is 1. The molecule has 0 aromatic carbocycles. The van der Waals surface area contributed by atoms with Crippen LogP contribution in [0.3, 0.4) is 0 Å². The van der Waals surface area contributed by atoms with Crippen LogP contribution in [0.4, 0.5) is 0 Å². The van der Waals surface area contributed by atoms with Gasteiger partial charge in [0.2, 0.25) is 5.91 Å². The summed E-state index contributed by atoms with van der Waals surface area (Å²) in [6.45, 7) is 6.74. The second-order valence-electron chi connectivity index (χ2n) is 6.95. The lowest BCUT2D eigenvalue weighted by Crippen LogP contribution is -2.36. The van der Waals surface area contributed by atoms with Gasteiger partial charge < -0.3 is 54.8 Å². The molecule has 0 aromatic heterocycles. The topological polar surface area (TPSA) is 193 Å². The first kappa shape index (κ1) is 38.2. The highest BCUT2D eigenvalue weighted by atomic mass is 16.6. The largest absolute Gasteiger partial charge is 0.481 e. The quantitative estimate of drug-likeness (QED) is 0.0977. The average molecular weight is 524 g/mol. The van der Waals surface area contributed by atoms with Crippen LogP contribution < -0.4 is 16.4 Å². The normalized spacial score (nSPS) is 10.7. The standard InChI is InChI=1S/C12H25NO5.C10H15NO5.CH5N/c1-13-3-6-16-8-10-18-12-11-17-9-7-15-5-2-4-14;1-7(13)2-4-9(14)11-8(6-12)3-5-10(15)16;1-2/h4,13H,2-3,5-12H2,1H3;6,8H,2-5H2,1H3,(H,11,14)(H,15,16);2H2,1H3. The molecule has 0 rings (SSSR count). The van der Waals surface area contributed by atoms with E-state index in [4.69, 9.17) is 24.1 Å². The van der Waals surface area contributed by atoms with Crippen LogP contribution in [-0.4, -0.2) is 115 Å².